The first-order valence-electron chi connectivity index (χ1n) is 5.66. The second-order valence-corrected chi connectivity index (χ2v) is 4.29. The van der Waals surface area contributed by atoms with Crippen molar-refractivity contribution in [2.45, 2.75) is 51.5 Å². The van der Waals surface area contributed by atoms with E-state index >= 15 is 0 Å². The summed E-state index contributed by atoms with van der Waals surface area (Å²) in [6.07, 6.45) is 7.03. The minimum absolute atomic E-state index is 0.298. The van der Waals surface area contributed by atoms with Crippen LogP contribution in [0.3, 0.4) is 0 Å². The normalized spacial score (nSPS) is 27.3. The monoisotopic (exact) mass is 198 g/mol. The fourth-order valence-electron chi connectivity index (χ4n) is 2.37. The molecule has 82 valence electrons. The van der Waals surface area contributed by atoms with Gasteiger partial charge in [0.1, 0.15) is 0 Å². The SMILES string of the molecule is CC(=N)NC1CCCCC1CCCO. The summed E-state index contributed by atoms with van der Waals surface area (Å²) in [6, 6.07) is 0.479. The van der Waals surface area contributed by atoms with Gasteiger partial charge >= 0.3 is 0 Å². The van der Waals surface area contributed by atoms with Crippen LogP contribution in [0.15, 0.2) is 0 Å². The predicted molar refractivity (Wildman–Crippen MR) is 58.6 cm³/mol. The molecule has 0 saturated heterocycles. The fourth-order valence-corrected chi connectivity index (χ4v) is 2.37. The van der Waals surface area contributed by atoms with E-state index in [1.54, 1.807) is 6.92 Å². The molecule has 2 unspecified atom stereocenters. The fraction of sp³-hybridized carbons (Fsp3) is 0.909. The van der Waals surface area contributed by atoms with Crippen LogP contribution < -0.4 is 5.32 Å². The Labute approximate surface area is 86.4 Å². The highest BCUT2D eigenvalue weighted by Crippen LogP contribution is 2.27. The van der Waals surface area contributed by atoms with E-state index in [2.05, 4.69) is 5.32 Å². The highest BCUT2D eigenvalue weighted by molar-refractivity contribution is 5.76. The van der Waals surface area contributed by atoms with Crippen molar-refractivity contribution in [1.29, 1.82) is 5.41 Å². The van der Waals surface area contributed by atoms with E-state index in [4.69, 9.17) is 10.5 Å². The Morgan fingerprint density at radius 1 is 1.43 bits per heavy atom. The number of aliphatic hydroxyl groups excluding tert-OH is 1. The molecule has 3 nitrogen and oxygen atoms in total. The van der Waals surface area contributed by atoms with Gasteiger partial charge in [-0.2, -0.15) is 0 Å². The van der Waals surface area contributed by atoms with Gasteiger partial charge in [-0.25, -0.2) is 0 Å². The second kappa shape index (κ2) is 6.02. The minimum atomic E-state index is 0.298. The Kier molecular flexibility index (Phi) is 4.94. The Morgan fingerprint density at radius 2 is 2.14 bits per heavy atom. The Morgan fingerprint density at radius 3 is 2.79 bits per heavy atom. The zero-order valence-corrected chi connectivity index (χ0v) is 9.05. The standard InChI is InChI=1S/C11H22N2O/c1-9(12)13-11-7-3-2-5-10(11)6-4-8-14/h10-11,14H,2-8H2,1H3,(H2,12,13). The minimum Gasteiger partial charge on any atom is -0.396 e. The second-order valence-electron chi connectivity index (χ2n) is 4.29. The summed E-state index contributed by atoms with van der Waals surface area (Å²) >= 11 is 0. The van der Waals surface area contributed by atoms with Crippen molar-refractivity contribution in [2.24, 2.45) is 5.92 Å². The molecule has 0 spiro atoms. The van der Waals surface area contributed by atoms with Crippen LogP contribution in [0, 0.1) is 11.3 Å². The Hall–Kier alpha value is -0.570. The molecule has 1 aliphatic rings. The lowest BCUT2D eigenvalue weighted by molar-refractivity contribution is 0.229. The van der Waals surface area contributed by atoms with Gasteiger partial charge in [-0.1, -0.05) is 12.8 Å². The molecule has 0 bridgehead atoms. The van der Waals surface area contributed by atoms with Crippen LogP contribution in [0.1, 0.15) is 45.4 Å². The van der Waals surface area contributed by atoms with Crippen molar-refractivity contribution in [2.75, 3.05) is 6.61 Å². The van der Waals surface area contributed by atoms with Gasteiger partial charge in [0.05, 0.1) is 5.84 Å². The number of aliphatic hydroxyl groups is 1. The Bertz CT molecular complexity index is 182. The first-order valence-corrected chi connectivity index (χ1v) is 5.66. The van der Waals surface area contributed by atoms with Gasteiger partial charge in [0.2, 0.25) is 0 Å². The van der Waals surface area contributed by atoms with Crippen LogP contribution in [-0.2, 0) is 0 Å². The lowest BCUT2D eigenvalue weighted by Gasteiger charge is -2.32. The van der Waals surface area contributed by atoms with Gasteiger partial charge < -0.3 is 10.4 Å². The maximum atomic E-state index is 8.80. The molecular formula is C11H22N2O. The van der Waals surface area contributed by atoms with Crippen LogP contribution in [0.25, 0.3) is 0 Å². The molecule has 3 heteroatoms. The molecule has 0 amide bonds. The lowest BCUT2D eigenvalue weighted by atomic mass is 9.81. The molecule has 1 rings (SSSR count). The molecule has 0 aromatic carbocycles. The first kappa shape index (κ1) is 11.5. The van der Waals surface area contributed by atoms with E-state index in [0.29, 0.717) is 24.4 Å². The van der Waals surface area contributed by atoms with Crippen molar-refractivity contribution in [3.05, 3.63) is 0 Å². The van der Waals surface area contributed by atoms with E-state index in [-0.39, 0.29) is 0 Å². The molecule has 3 N–H and O–H groups in total. The van der Waals surface area contributed by atoms with Crippen molar-refractivity contribution in [1.82, 2.24) is 5.32 Å². The molecule has 1 fully saturated rings. The van der Waals surface area contributed by atoms with E-state index in [0.717, 1.165) is 12.8 Å². The van der Waals surface area contributed by atoms with Gasteiger partial charge in [0, 0.05) is 12.6 Å². The highest BCUT2D eigenvalue weighted by atomic mass is 16.2. The largest absolute Gasteiger partial charge is 0.396 e. The predicted octanol–water partition coefficient (Wildman–Crippen LogP) is 1.90. The Balaban J connectivity index is 2.37. The average molecular weight is 198 g/mol. The summed E-state index contributed by atoms with van der Waals surface area (Å²) < 4.78 is 0. The van der Waals surface area contributed by atoms with Crippen molar-refractivity contribution < 1.29 is 5.11 Å². The number of hydrogen-bond donors (Lipinski definition) is 3. The summed E-state index contributed by atoms with van der Waals surface area (Å²) in [6.45, 7) is 2.10. The first-order chi connectivity index (χ1) is 6.74. The zero-order chi connectivity index (χ0) is 10.4. The number of rotatable bonds is 4. The summed E-state index contributed by atoms with van der Waals surface area (Å²) in [5.41, 5.74) is 0. The molecule has 0 aliphatic heterocycles. The van der Waals surface area contributed by atoms with E-state index < -0.39 is 0 Å². The topological polar surface area (TPSA) is 56.1 Å². The van der Waals surface area contributed by atoms with Crippen LogP contribution >= 0.6 is 0 Å². The third-order valence-corrected chi connectivity index (χ3v) is 3.04. The zero-order valence-electron chi connectivity index (χ0n) is 9.05. The molecular weight excluding hydrogens is 176 g/mol. The number of amidine groups is 1. The van der Waals surface area contributed by atoms with Crippen LogP contribution in [-0.4, -0.2) is 23.6 Å². The summed E-state index contributed by atoms with van der Waals surface area (Å²) in [4.78, 5) is 0. The molecule has 0 heterocycles. The molecule has 0 radical (unpaired) electrons. The molecule has 0 aromatic heterocycles. The van der Waals surface area contributed by atoms with E-state index in [1.807, 2.05) is 0 Å². The molecule has 1 aliphatic carbocycles. The summed E-state index contributed by atoms with van der Waals surface area (Å²) in [7, 11) is 0. The average Bonchev–Trinajstić information content (AvgIpc) is 2.16. The van der Waals surface area contributed by atoms with E-state index in [9.17, 15) is 0 Å². The lowest BCUT2D eigenvalue weighted by Crippen LogP contribution is -2.40. The van der Waals surface area contributed by atoms with Crippen LogP contribution in [0.2, 0.25) is 0 Å². The molecule has 14 heavy (non-hydrogen) atoms. The van der Waals surface area contributed by atoms with Gasteiger partial charge in [-0.3, -0.25) is 5.41 Å². The van der Waals surface area contributed by atoms with Crippen LogP contribution in [0.5, 0.6) is 0 Å². The number of hydrogen-bond acceptors (Lipinski definition) is 2. The third-order valence-electron chi connectivity index (χ3n) is 3.04. The summed E-state index contributed by atoms with van der Waals surface area (Å²) in [5.74, 6) is 1.24. The highest BCUT2D eigenvalue weighted by Gasteiger charge is 2.24. The van der Waals surface area contributed by atoms with Crippen LogP contribution in [0.4, 0.5) is 0 Å². The van der Waals surface area contributed by atoms with Crippen molar-refractivity contribution >= 4 is 5.84 Å². The van der Waals surface area contributed by atoms with Crippen molar-refractivity contribution in [3.63, 3.8) is 0 Å². The quantitative estimate of drug-likeness (QED) is 0.477. The molecule has 0 aromatic rings. The van der Waals surface area contributed by atoms with E-state index in [1.165, 1.54) is 25.7 Å². The maximum absolute atomic E-state index is 8.80. The molecule has 1 saturated carbocycles. The molecule has 2 atom stereocenters. The summed E-state index contributed by atoms with van der Waals surface area (Å²) in [5, 5.41) is 19.5. The van der Waals surface area contributed by atoms with Gasteiger partial charge in [-0.15, -0.1) is 0 Å². The van der Waals surface area contributed by atoms with Gasteiger partial charge in [-0.05, 0) is 38.5 Å². The maximum Gasteiger partial charge on any atom is 0.0902 e. The van der Waals surface area contributed by atoms with Gasteiger partial charge in [0.25, 0.3) is 0 Å². The third kappa shape index (κ3) is 3.66. The smallest absolute Gasteiger partial charge is 0.0902 e. The van der Waals surface area contributed by atoms with Gasteiger partial charge in [0.15, 0.2) is 0 Å². The number of nitrogens with one attached hydrogen (secondary N) is 2. The van der Waals surface area contributed by atoms with Crippen molar-refractivity contribution in [3.8, 4) is 0 Å².